The number of nitrogens with two attached hydrogens (primary N) is 1. The Morgan fingerprint density at radius 1 is 1.35 bits per heavy atom. The number of fused-ring (bicyclic) bond motifs is 2. The van der Waals surface area contributed by atoms with Gasteiger partial charge in [-0.1, -0.05) is 0 Å². The fourth-order valence-electron chi connectivity index (χ4n) is 3.50. The zero-order chi connectivity index (χ0) is 11.6. The number of aromatic nitrogens is 1. The highest BCUT2D eigenvalue weighted by Crippen LogP contribution is 2.44. The van der Waals surface area contributed by atoms with Crippen LogP contribution in [0.25, 0.3) is 10.9 Å². The van der Waals surface area contributed by atoms with Crippen molar-refractivity contribution in [1.82, 2.24) is 4.98 Å². The van der Waals surface area contributed by atoms with Crippen LogP contribution in [0.1, 0.15) is 29.2 Å². The van der Waals surface area contributed by atoms with E-state index in [1.807, 2.05) is 0 Å². The van der Waals surface area contributed by atoms with Crippen LogP contribution in [-0.4, -0.2) is 18.6 Å². The molecule has 0 saturated carbocycles. The van der Waals surface area contributed by atoms with Gasteiger partial charge >= 0.3 is 0 Å². The number of likely N-dealkylation sites (N-methyl/N-ethyl adjacent to an activating group) is 1. The van der Waals surface area contributed by atoms with Gasteiger partial charge in [0.2, 0.25) is 0 Å². The van der Waals surface area contributed by atoms with Crippen molar-refractivity contribution < 1.29 is 0 Å². The molecule has 1 aromatic heterocycles. The van der Waals surface area contributed by atoms with Gasteiger partial charge in [-0.05, 0) is 36.5 Å². The zero-order valence-corrected chi connectivity index (χ0v) is 10.1. The van der Waals surface area contributed by atoms with Gasteiger partial charge in [-0.25, -0.2) is 0 Å². The van der Waals surface area contributed by atoms with E-state index in [1.165, 1.54) is 33.3 Å². The number of nitrogens with zero attached hydrogens (tertiary/aromatic N) is 1. The number of aryl methyl sites for hydroxylation is 1. The first-order valence-electron chi connectivity index (χ1n) is 6.38. The molecule has 3 N–H and O–H groups in total. The fraction of sp³-hybridized carbons (Fsp3) is 0.429. The summed E-state index contributed by atoms with van der Waals surface area (Å²) >= 11 is 0. The summed E-state index contributed by atoms with van der Waals surface area (Å²) in [5.74, 6) is 0. The Bertz CT molecular complexity index is 611. The summed E-state index contributed by atoms with van der Waals surface area (Å²) in [7, 11) is 2.18. The van der Waals surface area contributed by atoms with Crippen LogP contribution in [0, 0.1) is 0 Å². The van der Waals surface area contributed by atoms with Crippen LogP contribution < -0.4 is 10.6 Å². The Balaban J connectivity index is 2.17. The summed E-state index contributed by atoms with van der Waals surface area (Å²) in [6, 6.07) is 2.52. The van der Waals surface area contributed by atoms with E-state index in [4.69, 9.17) is 5.73 Å². The SMILES string of the molecule is CN1CCc2cc3[nH]cc4c3c(c21)C(N)CC4. The molecule has 0 amide bonds. The molecule has 0 radical (unpaired) electrons. The summed E-state index contributed by atoms with van der Waals surface area (Å²) in [5.41, 5.74) is 13.3. The van der Waals surface area contributed by atoms with E-state index in [0.717, 1.165) is 25.8 Å². The molecular weight excluding hydrogens is 210 g/mol. The maximum absolute atomic E-state index is 6.36. The molecule has 1 aromatic carbocycles. The second kappa shape index (κ2) is 3.05. The van der Waals surface area contributed by atoms with E-state index in [0.29, 0.717) is 0 Å². The third-order valence-corrected chi connectivity index (χ3v) is 4.33. The fourth-order valence-corrected chi connectivity index (χ4v) is 3.50. The van der Waals surface area contributed by atoms with Crippen LogP contribution in [0.4, 0.5) is 5.69 Å². The molecule has 1 unspecified atom stereocenters. The Morgan fingerprint density at radius 3 is 3.12 bits per heavy atom. The predicted octanol–water partition coefficient (Wildman–Crippen LogP) is 2.11. The largest absolute Gasteiger partial charge is 0.374 e. The lowest BCUT2D eigenvalue weighted by molar-refractivity contribution is 0.643. The molecule has 1 atom stereocenters. The molecule has 1 aliphatic heterocycles. The van der Waals surface area contributed by atoms with Gasteiger partial charge in [-0.15, -0.1) is 0 Å². The van der Waals surface area contributed by atoms with Gasteiger partial charge in [0.1, 0.15) is 0 Å². The van der Waals surface area contributed by atoms with Gasteiger partial charge in [0.05, 0.1) is 0 Å². The smallest absolute Gasteiger partial charge is 0.0464 e. The molecule has 88 valence electrons. The molecule has 3 nitrogen and oxygen atoms in total. The minimum Gasteiger partial charge on any atom is -0.374 e. The Labute approximate surface area is 101 Å². The first-order valence-corrected chi connectivity index (χ1v) is 6.38. The minimum atomic E-state index is 0.205. The number of hydrogen-bond donors (Lipinski definition) is 2. The maximum Gasteiger partial charge on any atom is 0.0464 e. The molecule has 2 aromatic rings. The normalized spacial score (nSPS) is 22.2. The summed E-state index contributed by atoms with van der Waals surface area (Å²) < 4.78 is 0. The molecular formula is C14H17N3. The van der Waals surface area contributed by atoms with Crippen LogP contribution in [0.2, 0.25) is 0 Å². The monoisotopic (exact) mass is 227 g/mol. The third kappa shape index (κ3) is 1.10. The summed E-state index contributed by atoms with van der Waals surface area (Å²) in [6.07, 6.45) is 5.49. The number of hydrogen-bond acceptors (Lipinski definition) is 2. The van der Waals surface area contributed by atoms with Gasteiger partial charge in [0.15, 0.2) is 0 Å². The van der Waals surface area contributed by atoms with Crippen LogP contribution in [0.5, 0.6) is 0 Å². The van der Waals surface area contributed by atoms with Crippen molar-refractivity contribution >= 4 is 16.6 Å². The lowest BCUT2D eigenvalue weighted by Gasteiger charge is -2.26. The molecule has 4 rings (SSSR count). The lowest BCUT2D eigenvalue weighted by Crippen LogP contribution is -2.21. The van der Waals surface area contributed by atoms with Crippen molar-refractivity contribution in [3.8, 4) is 0 Å². The van der Waals surface area contributed by atoms with Crippen LogP contribution >= 0.6 is 0 Å². The zero-order valence-electron chi connectivity index (χ0n) is 10.1. The molecule has 0 bridgehead atoms. The molecule has 0 spiro atoms. The number of anilines is 1. The standard InChI is InChI=1S/C14H17N3/c1-17-5-4-8-6-11-12-9(7-16-11)2-3-10(15)13(12)14(8)17/h6-7,10,16H,2-5,15H2,1H3. The van der Waals surface area contributed by atoms with Gasteiger partial charge < -0.3 is 15.6 Å². The van der Waals surface area contributed by atoms with Crippen molar-refractivity contribution in [3.05, 3.63) is 29.0 Å². The Kier molecular flexibility index (Phi) is 1.71. The van der Waals surface area contributed by atoms with E-state index in [1.54, 1.807) is 0 Å². The number of H-pyrrole nitrogens is 1. The first kappa shape index (κ1) is 9.54. The Hall–Kier alpha value is -1.48. The molecule has 2 aliphatic rings. The minimum absolute atomic E-state index is 0.205. The summed E-state index contributed by atoms with van der Waals surface area (Å²) in [6.45, 7) is 1.12. The number of aromatic amines is 1. The van der Waals surface area contributed by atoms with E-state index in [-0.39, 0.29) is 6.04 Å². The van der Waals surface area contributed by atoms with Gasteiger partial charge in [0, 0.05) is 48.0 Å². The second-order valence-corrected chi connectivity index (χ2v) is 5.35. The van der Waals surface area contributed by atoms with Gasteiger partial charge in [-0.3, -0.25) is 0 Å². The van der Waals surface area contributed by atoms with Crippen molar-refractivity contribution in [2.75, 3.05) is 18.5 Å². The average molecular weight is 227 g/mol. The number of benzene rings is 1. The third-order valence-electron chi connectivity index (χ3n) is 4.33. The van der Waals surface area contributed by atoms with Gasteiger partial charge in [-0.2, -0.15) is 0 Å². The lowest BCUT2D eigenvalue weighted by atomic mass is 9.86. The van der Waals surface area contributed by atoms with Gasteiger partial charge in [0.25, 0.3) is 0 Å². The summed E-state index contributed by atoms with van der Waals surface area (Å²) in [5, 5.41) is 1.40. The Morgan fingerprint density at radius 2 is 2.24 bits per heavy atom. The predicted molar refractivity (Wildman–Crippen MR) is 70.5 cm³/mol. The first-order chi connectivity index (χ1) is 8.25. The average Bonchev–Trinajstić information content (AvgIpc) is 2.89. The topological polar surface area (TPSA) is 45.0 Å². The number of rotatable bonds is 0. The van der Waals surface area contributed by atoms with E-state index in [9.17, 15) is 0 Å². The molecule has 17 heavy (non-hydrogen) atoms. The maximum atomic E-state index is 6.36. The molecule has 2 heterocycles. The number of nitrogens with one attached hydrogen (secondary N) is 1. The van der Waals surface area contributed by atoms with E-state index < -0.39 is 0 Å². The second-order valence-electron chi connectivity index (χ2n) is 5.35. The molecule has 1 aliphatic carbocycles. The highest BCUT2D eigenvalue weighted by molar-refractivity contribution is 5.94. The quantitative estimate of drug-likeness (QED) is 0.724. The van der Waals surface area contributed by atoms with Crippen LogP contribution in [0.3, 0.4) is 0 Å². The van der Waals surface area contributed by atoms with Crippen molar-refractivity contribution in [3.63, 3.8) is 0 Å². The van der Waals surface area contributed by atoms with Crippen molar-refractivity contribution in [1.29, 1.82) is 0 Å². The summed E-state index contributed by atoms with van der Waals surface area (Å²) in [4.78, 5) is 5.78. The highest BCUT2D eigenvalue weighted by Gasteiger charge is 2.29. The van der Waals surface area contributed by atoms with Crippen molar-refractivity contribution in [2.45, 2.75) is 25.3 Å². The molecule has 0 saturated heterocycles. The van der Waals surface area contributed by atoms with Crippen LogP contribution in [-0.2, 0) is 12.8 Å². The van der Waals surface area contributed by atoms with E-state index in [2.05, 4.69) is 29.2 Å². The molecule has 3 heteroatoms. The van der Waals surface area contributed by atoms with Crippen LogP contribution in [0.15, 0.2) is 12.3 Å². The van der Waals surface area contributed by atoms with E-state index >= 15 is 0 Å². The molecule has 0 fully saturated rings. The highest BCUT2D eigenvalue weighted by atomic mass is 15.1. The van der Waals surface area contributed by atoms with Crippen molar-refractivity contribution in [2.24, 2.45) is 5.73 Å².